The van der Waals surface area contributed by atoms with E-state index >= 15 is 0 Å². The third-order valence-corrected chi connectivity index (χ3v) is 4.96. The molecular formula is C17H19N3OS2. The van der Waals surface area contributed by atoms with Crippen LogP contribution in [0.2, 0.25) is 0 Å². The average molecular weight is 345 g/mol. The molecule has 120 valence electrons. The highest BCUT2D eigenvalue weighted by atomic mass is 32.1. The summed E-state index contributed by atoms with van der Waals surface area (Å²) in [5, 5.41) is 10.9. The van der Waals surface area contributed by atoms with Crippen molar-refractivity contribution in [2.75, 3.05) is 6.54 Å². The van der Waals surface area contributed by atoms with Crippen molar-refractivity contribution in [2.45, 2.75) is 19.5 Å². The molecule has 3 aromatic rings. The van der Waals surface area contributed by atoms with Crippen molar-refractivity contribution in [2.24, 2.45) is 4.99 Å². The van der Waals surface area contributed by atoms with Gasteiger partial charge in [0.2, 0.25) is 0 Å². The third kappa shape index (κ3) is 5.26. The van der Waals surface area contributed by atoms with Gasteiger partial charge in [-0.3, -0.25) is 0 Å². The van der Waals surface area contributed by atoms with E-state index in [0.717, 1.165) is 31.2 Å². The van der Waals surface area contributed by atoms with Crippen LogP contribution in [0.4, 0.5) is 0 Å². The van der Waals surface area contributed by atoms with E-state index in [-0.39, 0.29) is 0 Å². The van der Waals surface area contributed by atoms with Gasteiger partial charge < -0.3 is 15.1 Å². The van der Waals surface area contributed by atoms with Crippen LogP contribution in [-0.2, 0) is 19.5 Å². The SMILES string of the molecule is c1coc(CCNC(=NCc2cccs2)NCc2cccs2)c1. The van der Waals surface area contributed by atoms with Gasteiger partial charge in [0, 0.05) is 22.7 Å². The van der Waals surface area contributed by atoms with Gasteiger partial charge in [-0.05, 0) is 35.0 Å². The summed E-state index contributed by atoms with van der Waals surface area (Å²) in [6, 6.07) is 12.2. The lowest BCUT2D eigenvalue weighted by Crippen LogP contribution is -2.37. The Morgan fingerprint density at radius 2 is 1.83 bits per heavy atom. The van der Waals surface area contributed by atoms with E-state index in [1.165, 1.54) is 9.75 Å². The van der Waals surface area contributed by atoms with Crippen molar-refractivity contribution in [3.8, 4) is 0 Å². The summed E-state index contributed by atoms with van der Waals surface area (Å²) >= 11 is 3.47. The molecule has 0 saturated heterocycles. The molecule has 0 saturated carbocycles. The Morgan fingerprint density at radius 1 is 1.00 bits per heavy atom. The van der Waals surface area contributed by atoms with Gasteiger partial charge in [-0.2, -0.15) is 0 Å². The molecule has 0 radical (unpaired) electrons. The Hall–Kier alpha value is -2.05. The summed E-state index contributed by atoms with van der Waals surface area (Å²) in [6.07, 6.45) is 2.54. The van der Waals surface area contributed by atoms with Gasteiger partial charge in [0.25, 0.3) is 0 Å². The summed E-state index contributed by atoms with van der Waals surface area (Å²) < 4.78 is 5.36. The second kappa shape index (κ2) is 8.55. The van der Waals surface area contributed by atoms with Crippen LogP contribution in [0.5, 0.6) is 0 Å². The highest BCUT2D eigenvalue weighted by Gasteiger charge is 2.02. The minimum absolute atomic E-state index is 0.693. The maximum atomic E-state index is 5.36. The first-order valence-corrected chi connectivity index (χ1v) is 9.25. The fourth-order valence-electron chi connectivity index (χ4n) is 2.08. The van der Waals surface area contributed by atoms with Crippen LogP contribution in [-0.4, -0.2) is 12.5 Å². The number of guanidine groups is 1. The molecule has 0 bridgehead atoms. The molecule has 0 aliphatic heterocycles. The molecule has 3 rings (SSSR count). The van der Waals surface area contributed by atoms with Gasteiger partial charge in [0.1, 0.15) is 5.76 Å². The highest BCUT2D eigenvalue weighted by Crippen LogP contribution is 2.10. The lowest BCUT2D eigenvalue weighted by Gasteiger charge is -2.11. The zero-order valence-corrected chi connectivity index (χ0v) is 14.3. The minimum Gasteiger partial charge on any atom is -0.469 e. The fraction of sp³-hybridized carbons (Fsp3) is 0.235. The maximum Gasteiger partial charge on any atom is 0.191 e. The van der Waals surface area contributed by atoms with Crippen LogP contribution in [0.25, 0.3) is 0 Å². The Balaban J connectivity index is 1.54. The van der Waals surface area contributed by atoms with E-state index in [0.29, 0.717) is 6.54 Å². The second-order valence-corrected chi connectivity index (χ2v) is 7.00. The Morgan fingerprint density at radius 3 is 2.52 bits per heavy atom. The molecule has 0 aromatic carbocycles. The van der Waals surface area contributed by atoms with E-state index in [1.54, 1.807) is 28.9 Å². The Bertz CT molecular complexity index is 688. The summed E-state index contributed by atoms with van der Waals surface area (Å²) in [5.74, 6) is 1.81. The first-order valence-electron chi connectivity index (χ1n) is 7.49. The number of rotatable bonds is 7. The van der Waals surface area contributed by atoms with Gasteiger partial charge in [0.15, 0.2) is 5.96 Å². The first kappa shape index (κ1) is 15.8. The zero-order chi connectivity index (χ0) is 15.7. The molecule has 2 N–H and O–H groups in total. The number of hydrogen-bond acceptors (Lipinski definition) is 4. The van der Waals surface area contributed by atoms with Crippen LogP contribution in [0.15, 0.2) is 62.8 Å². The summed E-state index contributed by atoms with van der Waals surface area (Å²) in [7, 11) is 0. The third-order valence-electron chi connectivity index (χ3n) is 3.23. The normalized spacial score (nSPS) is 11.6. The van der Waals surface area contributed by atoms with Crippen molar-refractivity contribution >= 4 is 28.6 Å². The Labute approximate surface area is 143 Å². The smallest absolute Gasteiger partial charge is 0.191 e. The zero-order valence-electron chi connectivity index (χ0n) is 12.7. The van der Waals surface area contributed by atoms with Crippen LogP contribution in [0, 0.1) is 0 Å². The van der Waals surface area contributed by atoms with E-state index in [4.69, 9.17) is 4.42 Å². The molecule has 0 spiro atoms. The number of nitrogens with zero attached hydrogens (tertiary/aromatic N) is 1. The van der Waals surface area contributed by atoms with E-state index < -0.39 is 0 Å². The van der Waals surface area contributed by atoms with Crippen molar-refractivity contribution in [3.05, 3.63) is 68.9 Å². The molecule has 0 aliphatic rings. The number of nitrogens with one attached hydrogen (secondary N) is 2. The maximum absolute atomic E-state index is 5.36. The van der Waals surface area contributed by atoms with Crippen molar-refractivity contribution in [1.29, 1.82) is 0 Å². The molecule has 0 atom stereocenters. The predicted octanol–water partition coefficient (Wildman–Crippen LogP) is 3.88. The summed E-state index contributed by atoms with van der Waals surface area (Å²) in [5.41, 5.74) is 0. The average Bonchev–Trinajstić information content (AvgIpc) is 3.33. The molecule has 6 heteroatoms. The van der Waals surface area contributed by atoms with Crippen LogP contribution in [0.1, 0.15) is 15.5 Å². The lowest BCUT2D eigenvalue weighted by molar-refractivity contribution is 0.506. The Kier molecular flexibility index (Phi) is 5.88. The van der Waals surface area contributed by atoms with Crippen LogP contribution in [0.3, 0.4) is 0 Å². The predicted molar refractivity (Wildman–Crippen MR) is 97.0 cm³/mol. The highest BCUT2D eigenvalue weighted by molar-refractivity contribution is 7.10. The quantitative estimate of drug-likeness (QED) is 0.505. The van der Waals surface area contributed by atoms with E-state index in [1.807, 2.05) is 12.1 Å². The first-order chi connectivity index (χ1) is 11.4. The lowest BCUT2D eigenvalue weighted by atomic mass is 10.3. The molecular weight excluding hydrogens is 326 g/mol. The fourth-order valence-corrected chi connectivity index (χ4v) is 3.35. The molecule has 0 fully saturated rings. The van der Waals surface area contributed by atoms with Gasteiger partial charge in [-0.1, -0.05) is 12.1 Å². The van der Waals surface area contributed by atoms with Gasteiger partial charge in [-0.25, -0.2) is 4.99 Å². The van der Waals surface area contributed by atoms with Crippen molar-refractivity contribution in [3.63, 3.8) is 0 Å². The largest absolute Gasteiger partial charge is 0.469 e. The molecule has 3 heterocycles. The number of hydrogen-bond donors (Lipinski definition) is 2. The van der Waals surface area contributed by atoms with E-state index in [9.17, 15) is 0 Å². The van der Waals surface area contributed by atoms with Crippen LogP contribution < -0.4 is 10.6 Å². The number of furan rings is 1. The molecule has 23 heavy (non-hydrogen) atoms. The van der Waals surface area contributed by atoms with Gasteiger partial charge in [-0.15, -0.1) is 22.7 Å². The van der Waals surface area contributed by atoms with Crippen molar-refractivity contribution in [1.82, 2.24) is 10.6 Å². The van der Waals surface area contributed by atoms with Gasteiger partial charge in [0.05, 0.1) is 19.4 Å². The molecule has 0 aliphatic carbocycles. The molecule has 3 aromatic heterocycles. The second-order valence-electron chi connectivity index (χ2n) is 4.93. The minimum atomic E-state index is 0.693. The van der Waals surface area contributed by atoms with E-state index in [2.05, 4.69) is 50.7 Å². The summed E-state index contributed by atoms with van der Waals surface area (Å²) in [6.45, 7) is 2.26. The van der Waals surface area contributed by atoms with Crippen LogP contribution >= 0.6 is 22.7 Å². The van der Waals surface area contributed by atoms with Crippen molar-refractivity contribution < 1.29 is 4.42 Å². The molecule has 0 unspecified atom stereocenters. The molecule has 4 nitrogen and oxygen atoms in total. The number of thiophene rings is 2. The van der Waals surface area contributed by atoms with Gasteiger partial charge >= 0.3 is 0 Å². The monoisotopic (exact) mass is 345 g/mol. The molecule has 0 amide bonds. The number of aliphatic imine (C=N–C) groups is 1. The summed E-state index contributed by atoms with van der Waals surface area (Å²) in [4.78, 5) is 7.21. The topological polar surface area (TPSA) is 49.6 Å². The standard InChI is InChI=1S/C17H19N3OS2/c1-4-14(21-9-1)7-8-18-17(19-12-15-5-2-10-22-15)20-13-16-6-3-11-23-16/h1-6,9-11H,7-8,12-13H2,(H2,18,19,20).